The maximum absolute atomic E-state index is 12.4. The maximum Gasteiger partial charge on any atom is 0.289 e. The van der Waals surface area contributed by atoms with Crippen molar-refractivity contribution in [3.05, 3.63) is 66.8 Å². The Bertz CT molecular complexity index is 1040. The third kappa shape index (κ3) is 5.18. The van der Waals surface area contributed by atoms with Crippen LogP contribution < -0.4 is 19.7 Å². The van der Waals surface area contributed by atoms with Crippen molar-refractivity contribution in [3.8, 4) is 11.5 Å². The van der Waals surface area contributed by atoms with E-state index in [0.717, 1.165) is 5.82 Å². The van der Waals surface area contributed by atoms with E-state index in [1.807, 2.05) is 6.07 Å². The summed E-state index contributed by atoms with van der Waals surface area (Å²) >= 11 is 0. The van der Waals surface area contributed by atoms with E-state index in [2.05, 4.69) is 15.2 Å². The van der Waals surface area contributed by atoms with Crippen molar-refractivity contribution in [1.82, 2.24) is 9.88 Å². The average Bonchev–Trinajstić information content (AvgIpc) is 3.38. The molecule has 9 nitrogen and oxygen atoms in total. The van der Waals surface area contributed by atoms with Gasteiger partial charge in [0.1, 0.15) is 17.3 Å². The van der Waals surface area contributed by atoms with E-state index in [-0.39, 0.29) is 18.4 Å². The highest BCUT2D eigenvalue weighted by molar-refractivity contribution is 5.92. The van der Waals surface area contributed by atoms with Crippen molar-refractivity contribution in [3.63, 3.8) is 0 Å². The number of hydrogen-bond acceptors (Lipinski definition) is 7. The molecule has 1 fully saturated rings. The first-order valence-corrected chi connectivity index (χ1v) is 10.2. The van der Waals surface area contributed by atoms with Crippen LogP contribution in [0.15, 0.2) is 65.4 Å². The van der Waals surface area contributed by atoms with Gasteiger partial charge in [-0.2, -0.15) is 0 Å². The minimum absolute atomic E-state index is 0.100. The van der Waals surface area contributed by atoms with Crippen molar-refractivity contribution in [2.24, 2.45) is 0 Å². The highest BCUT2D eigenvalue weighted by atomic mass is 16.5. The van der Waals surface area contributed by atoms with Crippen LogP contribution in [-0.2, 0) is 4.79 Å². The molecular formula is C23H24N4O5. The second kappa shape index (κ2) is 9.86. The fourth-order valence-corrected chi connectivity index (χ4v) is 3.38. The fraction of sp³-hybridized carbons (Fsp3) is 0.261. The van der Waals surface area contributed by atoms with Crippen LogP contribution in [0.3, 0.4) is 0 Å². The predicted octanol–water partition coefficient (Wildman–Crippen LogP) is 2.66. The second-order valence-electron chi connectivity index (χ2n) is 7.18. The average molecular weight is 436 g/mol. The number of pyridine rings is 1. The number of nitrogens with zero attached hydrogens (tertiary/aromatic N) is 3. The van der Waals surface area contributed by atoms with E-state index in [1.54, 1.807) is 60.7 Å². The largest absolute Gasteiger partial charge is 0.497 e. The van der Waals surface area contributed by atoms with Gasteiger partial charge in [-0.25, -0.2) is 4.98 Å². The number of rotatable bonds is 7. The summed E-state index contributed by atoms with van der Waals surface area (Å²) in [6, 6.07) is 14.1. The van der Waals surface area contributed by atoms with E-state index in [0.29, 0.717) is 49.1 Å². The van der Waals surface area contributed by atoms with Crippen LogP contribution in [0.25, 0.3) is 0 Å². The van der Waals surface area contributed by atoms with Gasteiger partial charge in [-0.3, -0.25) is 9.59 Å². The quantitative estimate of drug-likeness (QED) is 0.608. The van der Waals surface area contributed by atoms with Crippen molar-refractivity contribution >= 4 is 23.3 Å². The molecule has 166 valence electrons. The first-order chi connectivity index (χ1) is 15.6. The summed E-state index contributed by atoms with van der Waals surface area (Å²) in [5.41, 5.74) is 0.583. The third-order valence-corrected chi connectivity index (χ3v) is 5.07. The molecule has 0 spiro atoms. The molecule has 1 aliphatic rings. The molecule has 0 bridgehead atoms. The lowest BCUT2D eigenvalue weighted by atomic mass is 10.2. The van der Waals surface area contributed by atoms with Gasteiger partial charge in [-0.05, 0) is 36.4 Å². The smallest absolute Gasteiger partial charge is 0.289 e. The number of aromatic nitrogens is 1. The van der Waals surface area contributed by atoms with Crippen molar-refractivity contribution < 1.29 is 23.5 Å². The number of amides is 2. The van der Waals surface area contributed by atoms with Gasteiger partial charge in [-0.1, -0.05) is 6.07 Å². The van der Waals surface area contributed by atoms with Crippen LogP contribution in [0.5, 0.6) is 11.5 Å². The van der Waals surface area contributed by atoms with Crippen molar-refractivity contribution in [2.75, 3.05) is 50.1 Å². The Labute approximate surface area is 185 Å². The van der Waals surface area contributed by atoms with E-state index < -0.39 is 0 Å². The SMILES string of the molecule is COc1cccc(OCC(=O)Nc2ccc(N3CCN(C(=O)c4ccco4)CC3)nc2)c1. The van der Waals surface area contributed by atoms with Crippen molar-refractivity contribution in [1.29, 1.82) is 0 Å². The van der Waals surface area contributed by atoms with Crippen LogP contribution >= 0.6 is 0 Å². The molecule has 1 aliphatic heterocycles. The molecule has 1 saturated heterocycles. The molecule has 0 radical (unpaired) electrons. The van der Waals surface area contributed by atoms with Gasteiger partial charge in [0, 0.05) is 32.2 Å². The zero-order valence-electron chi connectivity index (χ0n) is 17.7. The molecular weight excluding hydrogens is 412 g/mol. The Kier molecular flexibility index (Phi) is 6.54. The molecule has 32 heavy (non-hydrogen) atoms. The minimum atomic E-state index is -0.285. The highest BCUT2D eigenvalue weighted by Crippen LogP contribution is 2.20. The Hall–Kier alpha value is -4.01. The summed E-state index contributed by atoms with van der Waals surface area (Å²) in [6.45, 7) is 2.38. The lowest BCUT2D eigenvalue weighted by Gasteiger charge is -2.35. The lowest BCUT2D eigenvalue weighted by Crippen LogP contribution is -2.49. The Morgan fingerprint density at radius 2 is 1.88 bits per heavy atom. The number of methoxy groups -OCH3 is 1. The number of piperazine rings is 1. The first kappa shape index (κ1) is 21.2. The Balaban J connectivity index is 1.25. The molecule has 0 aliphatic carbocycles. The van der Waals surface area contributed by atoms with Gasteiger partial charge in [-0.15, -0.1) is 0 Å². The number of nitrogens with one attached hydrogen (secondary N) is 1. The topological polar surface area (TPSA) is 97.1 Å². The van der Waals surface area contributed by atoms with Gasteiger partial charge in [0.2, 0.25) is 0 Å². The molecule has 1 N–H and O–H groups in total. The van der Waals surface area contributed by atoms with Gasteiger partial charge >= 0.3 is 0 Å². The highest BCUT2D eigenvalue weighted by Gasteiger charge is 2.24. The summed E-state index contributed by atoms with van der Waals surface area (Å²) in [7, 11) is 1.57. The number of carbonyl (C=O) groups is 2. The first-order valence-electron chi connectivity index (χ1n) is 10.2. The Morgan fingerprint density at radius 1 is 1.06 bits per heavy atom. The molecule has 0 saturated carbocycles. The zero-order valence-corrected chi connectivity index (χ0v) is 17.7. The minimum Gasteiger partial charge on any atom is -0.497 e. The Morgan fingerprint density at radius 3 is 2.56 bits per heavy atom. The van der Waals surface area contributed by atoms with Gasteiger partial charge in [0.25, 0.3) is 11.8 Å². The van der Waals surface area contributed by atoms with Crippen LogP contribution in [0.4, 0.5) is 11.5 Å². The molecule has 2 amide bonds. The van der Waals surface area contributed by atoms with E-state index in [9.17, 15) is 9.59 Å². The molecule has 9 heteroatoms. The van der Waals surface area contributed by atoms with E-state index >= 15 is 0 Å². The molecule has 2 aromatic heterocycles. The van der Waals surface area contributed by atoms with Gasteiger partial charge in [0.15, 0.2) is 12.4 Å². The zero-order chi connectivity index (χ0) is 22.3. The van der Waals surface area contributed by atoms with E-state index in [4.69, 9.17) is 13.9 Å². The number of carbonyl (C=O) groups excluding carboxylic acids is 2. The number of furan rings is 1. The molecule has 4 rings (SSSR count). The molecule has 0 unspecified atom stereocenters. The lowest BCUT2D eigenvalue weighted by molar-refractivity contribution is -0.118. The molecule has 3 aromatic rings. The van der Waals surface area contributed by atoms with Crippen LogP contribution in [0.2, 0.25) is 0 Å². The van der Waals surface area contributed by atoms with Crippen LogP contribution in [0.1, 0.15) is 10.6 Å². The standard InChI is InChI=1S/C23H24N4O5/c1-30-18-4-2-5-19(14-18)32-16-22(28)25-17-7-8-21(24-15-17)26-9-11-27(12-10-26)23(29)20-6-3-13-31-20/h2-8,13-15H,9-12,16H2,1H3,(H,25,28). The molecule has 1 aromatic carbocycles. The summed E-state index contributed by atoms with van der Waals surface area (Å²) in [4.78, 5) is 32.9. The molecule has 0 atom stereocenters. The summed E-state index contributed by atoms with van der Waals surface area (Å²) in [5, 5.41) is 2.77. The number of ether oxygens (including phenoxy) is 2. The summed E-state index contributed by atoms with van der Waals surface area (Å²) in [5.74, 6) is 1.98. The summed E-state index contributed by atoms with van der Waals surface area (Å²) < 4.78 is 15.8. The van der Waals surface area contributed by atoms with Crippen molar-refractivity contribution in [2.45, 2.75) is 0 Å². The van der Waals surface area contributed by atoms with Crippen LogP contribution in [-0.4, -0.2) is 61.6 Å². The number of benzene rings is 1. The fourth-order valence-electron chi connectivity index (χ4n) is 3.38. The normalized spacial score (nSPS) is 13.5. The van der Waals surface area contributed by atoms with Gasteiger partial charge < -0.3 is 29.0 Å². The summed E-state index contributed by atoms with van der Waals surface area (Å²) in [6.07, 6.45) is 3.11. The van der Waals surface area contributed by atoms with Crippen LogP contribution in [0, 0.1) is 0 Å². The molecule has 3 heterocycles. The predicted molar refractivity (Wildman–Crippen MR) is 118 cm³/mol. The maximum atomic E-state index is 12.4. The number of hydrogen-bond donors (Lipinski definition) is 1. The third-order valence-electron chi connectivity index (χ3n) is 5.07. The monoisotopic (exact) mass is 436 g/mol. The van der Waals surface area contributed by atoms with E-state index in [1.165, 1.54) is 6.26 Å². The second-order valence-corrected chi connectivity index (χ2v) is 7.18. The number of anilines is 2. The van der Waals surface area contributed by atoms with Gasteiger partial charge in [0.05, 0.1) is 25.3 Å².